The molecule has 0 radical (unpaired) electrons. The lowest BCUT2D eigenvalue weighted by Crippen LogP contribution is -2.28. The predicted molar refractivity (Wildman–Crippen MR) is 74.6 cm³/mol. The molecule has 1 aromatic carbocycles. The Morgan fingerprint density at radius 1 is 1.29 bits per heavy atom. The molecule has 2 N–H and O–H groups in total. The zero-order valence-corrected chi connectivity index (χ0v) is 11.4. The molecule has 1 fully saturated rings. The first kappa shape index (κ1) is 12.8. The monoisotopic (exact) mass is 251 g/mol. The van der Waals surface area contributed by atoms with Crippen molar-refractivity contribution in [3.05, 3.63) is 29.8 Å². The molecule has 1 unspecified atom stereocenters. The summed E-state index contributed by atoms with van der Waals surface area (Å²) in [6, 6.07) is 8.18. The van der Waals surface area contributed by atoms with Gasteiger partial charge in [-0.25, -0.2) is 0 Å². The molecule has 1 heterocycles. The van der Waals surface area contributed by atoms with Crippen LogP contribution >= 0.6 is 11.8 Å². The highest BCUT2D eigenvalue weighted by Gasteiger charge is 2.16. The predicted octanol–water partition coefficient (Wildman–Crippen LogP) is 3.15. The van der Waals surface area contributed by atoms with Gasteiger partial charge in [-0.05, 0) is 50.1 Å². The van der Waals surface area contributed by atoms with Crippen LogP contribution < -0.4 is 10.5 Å². The lowest BCUT2D eigenvalue weighted by Gasteiger charge is -2.23. The van der Waals surface area contributed by atoms with Gasteiger partial charge in [-0.2, -0.15) is 11.8 Å². The molecule has 3 heteroatoms. The fourth-order valence-corrected chi connectivity index (χ4v) is 2.99. The number of hydrogen-bond donors (Lipinski definition) is 1. The Bertz CT molecular complexity index is 349. The molecule has 94 valence electrons. The fraction of sp³-hybridized carbons (Fsp3) is 0.571. The van der Waals surface area contributed by atoms with Crippen molar-refractivity contribution in [2.45, 2.75) is 38.3 Å². The topological polar surface area (TPSA) is 35.2 Å². The average molecular weight is 251 g/mol. The van der Waals surface area contributed by atoms with Gasteiger partial charge < -0.3 is 10.5 Å². The number of hydrogen-bond acceptors (Lipinski definition) is 3. The van der Waals surface area contributed by atoms with E-state index in [0.29, 0.717) is 6.10 Å². The van der Waals surface area contributed by atoms with Crippen molar-refractivity contribution in [3.63, 3.8) is 0 Å². The van der Waals surface area contributed by atoms with Crippen molar-refractivity contribution in [2.75, 3.05) is 11.5 Å². The van der Waals surface area contributed by atoms with Gasteiger partial charge in [0.25, 0.3) is 0 Å². The number of nitrogens with two attached hydrogens (primary N) is 1. The van der Waals surface area contributed by atoms with E-state index in [0.717, 1.165) is 17.1 Å². The Kier molecular flexibility index (Phi) is 4.00. The van der Waals surface area contributed by atoms with E-state index in [9.17, 15) is 0 Å². The van der Waals surface area contributed by atoms with E-state index in [4.69, 9.17) is 10.5 Å². The minimum absolute atomic E-state index is 0.279. The maximum Gasteiger partial charge on any atom is 0.119 e. The summed E-state index contributed by atoms with van der Waals surface area (Å²) >= 11 is 1.98. The maximum atomic E-state index is 6.05. The van der Waals surface area contributed by atoms with Crippen molar-refractivity contribution in [3.8, 4) is 5.75 Å². The molecule has 1 saturated heterocycles. The molecule has 1 aliphatic heterocycles. The van der Waals surface area contributed by atoms with Crippen molar-refractivity contribution in [1.29, 1.82) is 0 Å². The lowest BCUT2D eigenvalue weighted by molar-refractivity contribution is 0.211. The second-order valence-electron chi connectivity index (χ2n) is 5.20. The van der Waals surface area contributed by atoms with Gasteiger partial charge >= 0.3 is 0 Å². The first-order chi connectivity index (χ1) is 8.05. The van der Waals surface area contributed by atoms with Crippen molar-refractivity contribution < 1.29 is 4.74 Å². The molecule has 0 aromatic heterocycles. The van der Waals surface area contributed by atoms with Gasteiger partial charge in [0.05, 0.1) is 0 Å². The normalized spacial score (nSPS) is 21.2. The largest absolute Gasteiger partial charge is 0.490 e. The Balaban J connectivity index is 1.98. The SMILES string of the molecule is CC(C)(N)c1ccc(OC2CCCSC2)cc1. The van der Waals surface area contributed by atoms with Gasteiger partial charge in [0.1, 0.15) is 11.9 Å². The minimum Gasteiger partial charge on any atom is -0.490 e. The number of ether oxygens (including phenoxy) is 1. The molecular formula is C14H21NOS. The van der Waals surface area contributed by atoms with Crippen LogP contribution in [0, 0.1) is 0 Å². The van der Waals surface area contributed by atoms with E-state index in [2.05, 4.69) is 12.1 Å². The van der Waals surface area contributed by atoms with Crippen LogP contribution in [0.2, 0.25) is 0 Å². The highest BCUT2D eigenvalue weighted by molar-refractivity contribution is 7.99. The van der Waals surface area contributed by atoms with E-state index in [1.165, 1.54) is 18.6 Å². The summed E-state index contributed by atoms with van der Waals surface area (Å²) < 4.78 is 5.96. The quantitative estimate of drug-likeness (QED) is 0.896. The molecule has 2 nitrogen and oxygen atoms in total. The molecule has 0 saturated carbocycles. The summed E-state index contributed by atoms with van der Waals surface area (Å²) in [7, 11) is 0. The Labute approximate surface area is 108 Å². The standard InChI is InChI=1S/C14H21NOS/c1-14(2,15)11-5-7-12(8-6-11)16-13-4-3-9-17-10-13/h5-8,13H,3-4,9-10,15H2,1-2H3. The summed E-state index contributed by atoms with van der Waals surface area (Å²) in [6.07, 6.45) is 2.82. The zero-order valence-electron chi connectivity index (χ0n) is 10.6. The molecule has 1 atom stereocenters. The summed E-state index contributed by atoms with van der Waals surface area (Å²) in [5.74, 6) is 3.36. The average Bonchev–Trinajstić information content (AvgIpc) is 2.30. The summed E-state index contributed by atoms with van der Waals surface area (Å²) in [5.41, 5.74) is 6.91. The van der Waals surface area contributed by atoms with E-state index in [1.54, 1.807) is 0 Å². The third kappa shape index (κ3) is 3.65. The van der Waals surface area contributed by atoms with E-state index in [-0.39, 0.29) is 5.54 Å². The number of benzene rings is 1. The van der Waals surface area contributed by atoms with E-state index < -0.39 is 0 Å². The first-order valence-corrected chi connectivity index (χ1v) is 7.35. The summed E-state index contributed by atoms with van der Waals surface area (Å²) in [4.78, 5) is 0. The van der Waals surface area contributed by atoms with Crippen molar-refractivity contribution >= 4 is 11.8 Å². The molecule has 0 amide bonds. The van der Waals surface area contributed by atoms with Crippen LogP contribution in [0.3, 0.4) is 0 Å². The van der Waals surface area contributed by atoms with Crippen LogP contribution in [0.5, 0.6) is 5.75 Å². The molecule has 0 aliphatic carbocycles. The molecule has 0 spiro atoms. The molecule has 1 aromatic rings. The molecule has 0 bridgehead atoms. The van der Waals surface area contributed by atoms with Crippen LogP contribution in [0.15, 0.2) is 24.3 Å². The van der Waals surface area contributed by atoms with Crippen molar-refractivity contribution in [1.82, 2.24) is 0 Å². The van der Waals surface area contributed by atoms with Crippen LogP contribution in [0.1, 0.15) is 32.3 Å². The third-order valence-corrected chi connectivity index (χ3v) is 4.20. The van der Waals surface area contributed by atoms with Crippen LogP contribution in [0.4, 0.5) is 0 Å². The van der Waals surface area contributed by atoms with Gasteiger partial charge in [-0.15, -0.1) is 0 Å². The van der Waals surface area contributed by atoms with E-state index in [1.807, 2.05) is 37.7 Å². The molecule has 1 aliphatic rings. The zero-order chi connectivity index (χ0) is 12.3. The Hall–Kier alpha value is -0.670. The molecular weight excluding hydrogens is 230 g/mol. The second kappa shape index (κ2) is 5.32. The second-order valence-corrected chi connectivity index (χ2v) is 6.35. The molecule has 17 heavy (non-hydrogen) atoms. The summed E-state index contributed by atoms with van der Waals surface area (Å²) in [5, 5.41) is 0. The fourth-order valence-electron chi connectivity index (χ4n) is 1.96. The van der Waals surface area contributed by atoms with Gasteiger partial charge in [0.2, 0.25) is 0 Å². The highest BCUT2D eigenvalue weighted by Crippen LogP contribution is 2.24. The minimum atomic E-state index is -0.279. The highest BCUT2D eigenvalue weighted by atomic mass is 32.2. The van der Waals surface area contributed by atoms with Gasteiger partial charge in [-0.3, -0.25) is 0 Å². The smallest absolute Gasteiger partial charge is 0.119 e. The number of thioether (sulfide) groups is 1. The lowest BCUT2D eigenvalue weighted by atomic mass is 9.96. The van der Waals surface area contributed by atoms with Gasteiger partial charge in [0, 0.05) is 11.3 Å². The van der Waals surface area contributed by atoms with E-state index >= 15 is 0 Å². The third-order valence-electron chi connectivity index (χ3n) is 3.02. The van der Waals surface area contributed by atoms with Gasteiger partial charge in [0.15, 0.2) is 0 Å². The maximum absolute atomic E-state index is 6.05. The van der Waals surface area contributed by atoms with Crippen LogP contribution in [0.25, 0.3) is 0 Å². The summed E-state index contributed by atoms with van der Waals surface area (Å²) in [6.45, 7) is 4.03. The Morgan fingerprint density at radius 2 is 2.00 bits per heavy atom. The number of rotatable bonds is 3. The van der Waals surface area contributed by atoms with Crippen LogP contribution in [-0.4, -0.2) is 17.6 Å². The Morgan fingerprint density at radius 3 is 2.53 bits per heavy atom. The first-order valence-electron chi connectivity index (χ1n) is 6.19. The van der Waals surface area contributed by atoms with Gasteiger partial charge in [-0.1, -0.05) is 12.1 Å². The molecule has 2 rings (SSSR count). The van der Waals surface area contributed by atoms with Crippen molar-refractivity contribution in [2.24, 2.45) is 5.73 Å². The van der Waals surface area contributed by atoms with Crippen LogP contribution in [-0.2, 0) is 5.54 Å².